The first-order valence-corrected chi connectivity index (χ1v) is 8.11. The first kappa shape index (κ1) is 17.7. The van der Waals surface area contributed by atoms with Gasteiger partial charge in [0.05, 0.1) is 17.6 Å². The zero-order valence-electron chi connectivity index (χ0n) is 14.0. The molecule has 0 atom stereocenters. The van der Waals surface area contributed by atoms with Crippen molar-refractivity contribution < 1.29 is 9.59 Å². The minimum absolute atomic E-state index is 0.0773. The van der Waals surface area contributed by atoms with Gasteiger partial charge in [0, 0.05) is 18.5 Å². The molecule has 0 saturated heterocycles. The number of nitrogens with one attached hydrogen (secondary N) is 2. The van der Waals surface area contributed by atoms with Gasteiger partial charge in [0.2, 0.25) is 0 Å². The predicted molar refractivity (Wildman–Crippen MR) is 91.4 cm³/mol. The number of benzene rings is 1. The van der Waals surface area contributed by atoms with E-state index >= 15 is 0 Å². The fourth-order valence-corrected chi connectivity index (χ4v) is 2.54. The number of carbonyl (C=O) groups excluding carboxylic acids is 2. The van der Waals surface area contributed by atoms with E-state index in [1.54, 1.807) is 29.2 Å². The highest BCUT2D eigenvalue weighted by atomic mass is 16.2. The van der Waals surface area contributed by atoms with E-state index in [9.17, 15) is 14.4 Å². The minimum Gasteiger partial charge on any atom is -0.342 e. The lowest BCUT2D eigenvalue weighted by Crippen LogP contribution is -2.43. The SMILES string of the molecule is CCCN(CCC)C(=O)C(=O)NCc1n[nH]c(=O)c2ccccc12. The number of nitrogens with zero attached hydrogens (tertiary/aromatic N) is 2. The second-order valence-electron chi connectivity index (χ2n) is 5.52. The molecule has 1 aromatic carbocycles. The number of rotatable bonds is 6. The van der Waals surface area contributed by atoms with Gasteiger partial charge < -0.3 is 10.2 Å². The van der Waals surface area contributed by atoms with Gasteiger partial charge in [-0.05, 0) is 18.9 Å². The van der Waals surface area contributed by atoms with E-state index in [4.69, 9.17) is 0 Å². The number of fused-ring (bicyclic) bond motifs is 1. The Morgan fingerprint density at radius 3 is 2.38 bits per heavy atom. The molecule has 7 heteroatoms. The molecule has 2 rings (SSSR count). The van der Waals surface area contributed by atoms with Crippen LogP contribution in [0.3, 0.4) is 0 Å². The molecule has 0 aliphatic carbocycles. The van der Waals surface area contributed by atoms with Crippen molar-refractivity contribution in [2.24, 2.45) is 0 Å². The summed E-state index contributed by atoms with van der Waals surface area (Å²) in [5.41, 5.74) is 0.234. The summed E-state index contributed by atoms with van der Waals surface area (Å²) in [4.78, 5) is 37.6. The van der Waals surface area contributed by atoms with Gasteiger partial charge in [0.1, 0.15) is 0 Å². The molecule has 2 amide bonds. The standard InChI is InChI=1S/C17H22N4O3/c1-3-9-21(10-4-2)17(24)16(23)18-11-14-12-7-5-6-8-13(12)15(22)20-19-14/h5-8H,3-4,9-11H2,1-2H3,(H,18,23)(H,20,22). The number of aromatic amines is 1. The van der Waals surface area contributed by atoms with Gasteiger partial charge in [-0.3, -0.25) is 14.4 Å². The monoisotopic (exact) mass is 330 g/mol. The molecule has 0 radical (unpaired) electrons. The molecule has 0 fully saturated rings. The van der Waals surface area contributed by atoms with Gasteiger partial charge in [-0.2, -0.15) is 5.10 Å². The van der Waals surface area contributed by atoms with Gasteiger partial charge >= 0.3 is 11.8 Å². The molecule has 0 aliphatic heterocycles. The molecular formula is C17H22N4O3. The second kappa shape index (κ2) is 8.24. The van der Waals surface area contributed by atoms with E-state index < -0.39 is 11.8 Å². The Kier molecular flexibility index (Phi) is 6.06. The highest BCUT2D eigenvalue weighted by Crippen LogP contribution is 2.11. The predicted octanol–water partition coefficient (Wildman–Crippen LogP) is 1.19. The number of aromatic nitrogens is 2. The number of H-pyrrole nitrogens is 1. The van der Waals surface area contributed by atoms with Crippen LogP contribution in [0.15, 0.2) is 29.1 Å². The quantitative estimate of drug-likeness (QED) is 0.778. The third-order valence-electron chi connectivity index (χ3n) is 3.66. The van der Waals surface area contributed by atoms with Crippen LogP contribution in [0.5, 0.6) is 0 Å². The van der Waals surface area contributed by atoms with Crippen LogP contribution >= 0.6 is 0 Å². The largest absolute Gasteiger partial charge is 0.342 e. The Morgan fingerprint density at radius 1 is 1.12 bits per heavy atom. The highest BCUT2D eigenvalue weighted by Gasteiger charge is 2.20. The maximum Gasteiger partial charge on any atom is 0.311 e. The molecule has 2 aromatic rings. The van der Waals surface area contributed by atoms with E-state index in [1.807, 2.05) is 13.8 Å². The van der Waals surface area contributed by atoms with Gasteiger partial charge in [-0.1, -0.05) is 32.0 Å². The maximum absolute atomic E-state index is 12.2. The van der Waals surface area contributed by atoms with Crippen molar-refractivity contribution >= 4 is 22.6 Å². The Bertz CT molecular complexity index is 779. The summed E-state index contributed by atoms with van der Waals surface area (Å²) in [6.07, 6.45) is 1.59. The van der Waals surface area contributed by atoms with Gasteiger partial charge in [0.15, 0.2) is 0 Å². The summed E-state index contributed by atoms with van der Waals surface area (Å²) in [6.45, 7) is 5.11. The second-order valence-corrected chi connectivity index (χ2v) is 5.52. The molecule has 0 spiro atoms. The zero-order valence-corrected chi connectivity index (χ0v) is 14.0. The van der Waals surface area contributed by atoms with E-state index in [-0.39, 0.29) is 12.1 Å². The summed E-state index contributed by atoms with van der Waals surface area (Å²) in [5, 5.41) is 10.1. The Balaban J connectivity index is 2.10. The topological polar surface area (TPSA) is 95.2 Å². The average molecular weight is 330 g/mol. The van der Waals surface area contributed by atoms with Crippen LogP contribution in [-0.4, -0.2) is 40.0 Å². The molecule has 1 heterocycles. The van der Waals surface area contributed by atoms with Crippen molar-refractivity contribution in [3.8, 4) is 0 Å². The van der Waals surface area contributed by atoms with Crippen LogP contribution in [-0.2, 0) is 16.1 Å². The van der Waals surface area contributed by atoms with Crippen LogP contribution < -0.4 is 10.9 Å². The van der Waals surface area contributed by atoms with E-state index in [0.717, 1.165) is 12.8 Å². The summed E-state index contributed by atoms with van der Waals surface area (Å²) in [6, 6.07) is 7.01. The first-order chi connectivity index (χ1) is 11.6. The van der Waals surface area contributed by atoms with Crippen LogP contribution in [0.1, 0.15) is 32.4 Å². The Morgan fingerprint density at radius 2 is 1.75 bits per heavy atom. The molecule has 128 valence electrons. The third kappa shape index (κ3) is 3.98. The van der Waals surface area contributed by atoms with Gasteiger partial charge in [-0.15, -0.1) is 0 Å². The van der Waals surface area contributed by atoms with Crippen LogP contribution in [0, 0.1) is 0 Å². The molecule has 0 aliphatic rings. The molecule has 1 aromatic heterocycles. The maximum atomic E-state index is 12.2. The third-order valence-corrected chi connectivity index (χ3v) is 3.66. The molecule has 24 heavy (non-hydrogen) atoms. The smallest absolute Gasteiger partial charge is 0.311 e. The molecule has 0 unspecified atom stereocenters. The van der Waals surface area contributed by atoms with Crippen LogP contribution in [0.2, 0.25) is 0 Å². The minimum atomic E-state index is -0.658. The summed E-state index contributed by atoms with van der Waals surface area (Å²) >= 11 is 0. The number of carbonyl (C=O) groups is 2. The molecule has 2 N–H and O–H groups in total. The molecule has 0 saturated carbocycles. The lowest BCUT2D eigenvalue weighted by Gasteiger charge is -2.20. The molecule has 7 nitrogen and oxygen atoms in total. The zero-order chi connectivity index (χ0) is 17.5. The number of amides is 2. The molecule has 0 bridgehead atoms. The van der Waals surface area contributed by atoms with Crippen molar-refractivity contribution in [3.63, 3.8) is 0 Å². The van der Waals surface area contributed by atoms with Crippen molar-refractivity contribution in [1.29, 1.82) is 0 Å². The van der Waals surface area contributed by atoms with Crippen molar-refractivity contribution in [3.05, 3.63) is 40.3 Å². The molecular weight excluding hydrogens is 308 g/mol. The summed E-state index contributed by atoms with van der Waals surface area (Å²) in [5.74, 6) is -1.19. The van der Waals surface area contributed by atoms with Crippen molar-refractivity contribution in [1.82, 2.24) is 20.4 Å². The van der Waals surface area contributed by atoms with Crippen LogP contribution in [0.4, 0.5) is 0 Å². The Hall–Kier alpha value is -2.70. The lowest BCUT2D eigenvalue weighted by atomic mass is 10.1. The normalized spacial score (nSPS) is 10.6. The van der Waals surface area contributed by atoms with E-state index in [0.29, 0.717) is 29.6 Å². The summed E-state index contributed by atoms with van der Waals surface area (Å²) in [7, 11) is 0. The number of hydrogen-bond acceptors (Lipinski definition) is 4. The van der Waals surface area contributed by atoms with Gasteiger partial charge in [-0.25, -0.2) is 5.10 Å². The van der Waals surface area contributed by atoms with E-state index in [1.165, 1.54) is 0 Å². The lowest BCUT2D eigenvalue weighted by molar-refractivity contribution is -0.146. The number of hydrogen-bond donors (Lipinski definition) is 2. The van der Waals surface area contributed by atoms with E-state index in [2.05, 4.69) is 15.5 Å². The fraction of sp³-hybridized carbons (Fsp3) is 0.412. The van der Waals surface area contributed by atoms with Crippen molar-refractivity contribution in [2.75, 3.05) is 13.1 Å². The Labute approximate surface area is 140 Å². The van der Waals surface area contributed by atoms with Crippen LogP contribution in [0.25, 0.3) is 10.8 Å². The first-order valence-electron chi connectivity index (χ1n) is 8.11. The summed E-state index contributed by atoms with van der Waals surface area (Å²) < 4.78 is 0. The average Bonchev–Trinajstić information content (AvgIpc) is 2.60. The van der Waals surface area contributed by atoms with Gasteiger partial charge in [0.25, 0.3) is 5.56 Å². The fourth-order valence-electron chi connectivity index (χ4n) is 2.54. The highest BCUT2D eigenvalue weighted by molar-refractivity contribution is 6.34. The van der Waals surface area contributed by atoms with Crippen molar-refractivity contribution in [2.45, 2.75) is 33.2 Å².